The largest absolute Gasteiger partial charge is 0.491 e. The van der Waals surface area contributed by atoms with Crippen LogP contribution in [0.1, 0.15) is 31.7 Å². The van der Waals surface area contributed by atoms with Crippen LogP contribution in [0.25, 0.3) is 0 Å². The van der Waals surface area contributed by atoms with Crippen molar-refractivity contribution < 1.29 is 9.84 Å². The number of β-amino-alcohol motifs (C(OH)–C–C–N with tert-alkyl or cyclic N) is 1. The molecule has 2 atom stereocenters. The van der Waals surface area contributed by atoms with Crippen molar-refractivity contribution >= 4 is 0 Å². The summed E-state index contributed by atoms with van der Waals surface area (Å²) in [4.78, 5) is 2.27. The minimum absolute atomic E-state index is 0.354. The number of piperazine rings is 1. The molecule has 118 valence electrons. The molecule has 1 aromatic rings. The summed E-state index contributed by atoms with van der Waals surface area (Å²) in [6, 6.07) is 8.23. The van der Waals surface area contributed by atoms with Crippen LogP contribution in [-0.4, -0.2) is 55.4 Å². The van der Waals surface area contributed by atoms with E-state index in [9.17, 15) is 5.11 Å². The summed E-state index contributed by atoms with van der Waals surface area (Å²) in [5, 5.41) is 13.4. The first-order chi connectivity index (χ1) is 10.2. The van der Waals surface area contributed by atoms with Crippen LogP contribution < -0.4 is 10.1 Å². The lowest BCUT2D eigenvalue weighted by atomic mass is 9.99. The Balaban J connectivity index is 1.74. The van der Waals surface area contributed by atoms with Crippen LogP contribution in [0.2, 0.25) is 0 Å². The van der Waals surface area contributed by atoms with Gasteiger partial charge in [0.15, 0.2) is 0 Å². The molecule has 1 fully saturated rings. The van der Waals surface area contributed by atoms with Crippen LogP contribution in [0.15, 0.2) is 24.3 Å². The van der Waals surface area contributed by atoms with Gasteiger partial charge in [0.05, 0.1) is 0 Å². The standard InChI is InChI=1S/C17H28N2O2/c1-3-14(2)15-4-6-17(7-5-15)21-13-16(20)12-19-10-8-18-9-11-19/h4-7,14,16,18,20H,3,8-13H2,1-2H3. The first kappa shape index (κ1) is 16.3. The second-order valence-corrected chi connectivity index (χ2v) is 5.89. The highest BCUT2D eigenvalue weighted by Crippen LogP contribution is 2.21. The van der Waals surface area contributed by atoms with Crippen molar-refractivity contribution in [2.24, 2.45) is 0 Å². The second kappa shape index (κ2) is 8.37. The molecule has 21 heavy (non-hydrogen) atoms. The number of ether oxygens (including phenoxy) is 1. The number of hydrogen-bond acceptors (Lipinski definition) is 4. The fourth-order valence-corrected chi connectivity index (χ4v) is 2.57. The Morgan fingerprint density at radius 1 is 1.24 bits per heavy atom. The smallest absolute Gasteiger partial charge is 0.119 e. The molecule has 4 nitrogen and oxygen atoms in total. The van der Waals surface area contributed by atoms with Crippen molar-refractivity contribution in [1.82, 2.24) is 10.2 Å². The number of benzene rings is 1. The average molecular weight is 292 g/mol. The molecule has 0 amide bonds. The molecule has 0 aliphatic carbocycles. The van der Waals surface area contributed by atoms with Crippen molar-refractivity contribution in [1.29, 1.82) is 0 Å². The normalized spacial score (nSPS) is 19.2. The highest BCUT2D eigenvalue weighted by atomic mass is 16.5. The number of nitrogens with one attached hydrogen (secondary N) is 1. The summed E-state index contributed by atoms with van der Waals surface area (Å²) in [6.07, 6.45) is 0.709. The summed E-state index contributed by atoms with van der Waals surface area (Å²) in [5.74, 6) is 1.42. The lowest BCUT2D eigenvalue weighted by Crippen LogP contribution is -2.47. The Hall–Kier alpha value is -1.10. The first-order valence-electron chi connectivity index (χ1n) is 8.03. The molecule has 0 bridgehead atoms. The molecule has 4 heteroatoms. The molecule has 0 aromatic heterocycles. The number of rotatable bonds is 7. The molecule has 2 rings (SSSR count). The third-order valence-electron chi connectivity index (χ3n) is 4.18. The minimum atomic E-state index is -0.433. The van der Waals surface area contributed by atoms with Gasteiger partial charge in [0.1, 0.15) is 18.5 Å². The molecule has 1 saturated heterocycles. The zero-order valence-electron chi connectivity index (χ0n) is 13.2. The van der Waals surface area contributed by atoms with Crippen molar-refractivity contribution in [3.63, 3.8) is 0 Å². The Morgan fingerprint density at radius 3 is 2.52 bits per heavy atom. The zero-order chi connectivity index (χ0) is 15.1. The van der Waals surface area contributed by atoms with E-state index in [0.717, 1.165) is 38.3 Å². The molecule has 1 aromatic carbocycles. The average Bonchev–Trinajstić information content (AvgIpc) is 2.53. The Kier molecular flexibility index (Phi) is 6.49. The zero-order valence-corrected chi connectivity index (χ0v) is 13.2. The maximum Gasteiger partial charge on any atom is 0.119 e. The highest BCUT2D eigenvalue weighted by Gasteiger charge is 2.14. The highest BCUT2D eigenvalue weighted by molar-refractivity contribution is 5.29. The number of hydrogen-bond donors (Lipinski definition) is 2. The molecule has 0 saturated carbocycles. The van der Waals surface area contributed by atoms with Gasteiger partial charge in [0.25, 0.3) is 0 Å². The van der Waals surface area contributed by atoms with Crippen LogP contribution in [0, 0.1) is 0 Å². The van der Waals surface area contributed by atoms with Gasteiger partial charge in [-0.25, -0.2) is 0 Å². The van der Waals surface area contributed by atoms with Crippen LogP contribution in [-0.2, 0) is 0 Å². The van der Waals surface area contributed by atoms with Gasteiger partial charge in [0, 0.05) is 32.7 Å². The van der Waals surface area contributed by atoms with Gasteiger partial charge in [-0.2, -0.15) is 0 Å². The van der Waals surface area contributed by atoms with E-state index in [1.807, 2.05) is 12.1 Å². The quantitative estimate of drug-likeness (QED) is 0.805. The summed E-state index contributed by atoms with van der Waals surface area (Å²) < 4.78 is 5.69. The molecule has 2 unspecified atom stereocenters. The molecular weight excluding hydrogens is 264 g/mol. The van der Waals surface area contributed by atoms with E-state index >= 15 is 0 Å². The first-order valence-corrected chi connectivity index (χ1v) is 8.03. The molecule has 1 aliphatic heterocycles. The summed E-state index contributed by atoms with van der Waals surface area (Å²) >= 11 is 0. The lowest BCUT2D eigenvalue weighted by molar-refractivity contribution is 0.0641. The predicted molar refractivity (Wildman–Crippen MR) is 86.0 cm³/mol. The van der Waals surface area contributed by atoms with Crippen molar-refractivity contribution in [2.45, 2.75) is 32.3 Å². The third-order valence-corrected chi connectivity index (χ3v) is 4.18. The summed E-state index contributed by atoms with van der Waals surface area (Å²) in [6.45, 7) is 9.48. The van der Waals surface area contributed by atoms with E-state index in [0.29, 0.717) is 19.1 Å². The maximum absolute atomic E-state index is 10.1. The predicted octanol–water partition coefficient (Wildman–Crippen LogP) is 1.84. The van der Waals surface area contributed by atoms with Crippen LogP contribution >= 0.6 is 0 Å². The Morgan fingerprint density at radius 2 is 1.90 bits per heavy atom. The minimum Gasteiger partial charge on any atom is -0.491 e. The Bertz CT molecular complexity index is 402. The molecular formula is C17H28N2O2. The number of aliphatic hydroxyl groups is 1. The number of aliphatic hydroxyl groups excluding tert-OH is 1. The van der Waals surface area contributed by atoms with Gasteiger partial charge in [0.2, 0.25) is 0 Å². The third kappa shape index (κ3) is 5.30. The maximum atomic E-state index is 10.1. The van der Waals surface area contributed by atoms with Gasteiger partial charge in [-0.1, -0.05) is 26.0 Å². The lowest BCUT2D eigenvalue weighted by Gasteiger charge is -2.29. The van der Waals surface area contributed by atoms with Gasteiger partial charge in [-0.05, 0) is 30.0 Å². The van der Waals surface area contributed by atoms with Crippen LogP contribution in [0.4, 0.5) is 0 Å². The monoisotopic (exact) mass is 292 g/mol. The van der Waals surface area contributed by atoms with Gasteiger partial charge in [-0.3, -0.25) is 4.90 Å². The van der Waals surface area contributed by atoms with Crippen molar-refractivity contribution in [3.05, 3.63) is 29.8 Å². The fourth-order valence-electron chi connectivity index (χ4n) is 2.57. The van der Waals surface area contributed by atoms with E-state index in [1.54, 1.807) is 0 Å². The fraction of sp³-hybridized carbons (Fsp3) is 0.647. The molecule has 1 heterocycles. The second-order valence-electron chi connectivity index (χ2n) is 5.89. The molecule has 1 aliphatic rings. The molecule has 0 radical (unpaired) electrons. The topological polar surface area (TPSA) is 44.7 Å². The van der Waals surface area contributed by atoms with Gasteiger partial charge < -0.3 is 15.2 Å². The van der Waals surface area contributed by atoms with E-state index in [1.165, 1.54) is 5.56 Å². The van der Waals surface area contributed by atoms with Crippen LogP contribution in [0.5, 0.6) is 5.75 Å². The Labute approximate surface area is 128 Å². The SMILES string of the molecule is CCC(C)c1ccc(OCC(O)CN2CCNCC2)cc1. The van der Waals surface area contributed by atoms with E-state index < -0.39 is 6.10 Å². The van der Waals surface area contributed by atoms with Gasteiger partial charge in [-0.15, -0.1) is 0 Å². The van der Waals surface area contributed by atoms with Gasteiger partial charge >= 0.3 is 0 Å². The van der Waals surface area contributed by atoms with Crippen molar-refractivity contribution in [2.75, 3.05) is 39.3 Å². The molecule has 2 N–H and O–H groups in total. The van der Waals surface area contributed by atoms with E-state index in [4.69, 9.17) is 4.74 Å². The molecule has 0 spiro atoms. The van der Waals surface area contributed by atoms with E-state index in [2.05, 4.69) is 36.2 Å². The summed E-state index contributed by atoms with van der Waals surface area (Å²) in [7, 11) is 0. The number of nitrogens with zero attached hydrogens (tertiary/aromatic N) is 1. The van der Waals surface area contributed by atoms with Crippen LogP contribution in [0.3, 0.4) is 0 Å². The van der Waals surface area contributed by atoms with E-state index in [-0.39, 0.29) is 0 Å². The van der Waals surface area contributed by atoms with Crippen molar-refractivity contribution in [3.8, 4) is 5.75 Å². The summed E-state index contributed by atoms with van der Waals surface area (Å²) in [5.41, 5.74) is 1.34.